The van der Waals surface area contributed by atoms with Crippen molar-refractivity contribution in [2.24, 2.45) is 0 Å². The number of nitrogens with zero attached hydrogens (tertiary/aromatic N) is 2. The highest BCUT2D eigenvalue weighted by atomic mass is 32.2. The highest BCUT2D eigenvalue weighted by Gasteiger charge is 2.18. The number of hydrogen-bond acceptors (Lipinski definition) is 3. The van der Waals surface area contributed by atoms with Crippen LogP contribution in [0.25, 0.3) is 16.9 Å². The molecule has 1 N–H and O–H groups in total. The number of carbonyl (C=O) groups excluding carboxylic acids is 1. The molecule has 0 aliphatic heterocycles. The number of nitrogens with one attached hydrogen (secondary N) is 1. The predicted octanol–water partition coefficient (Wildman–Crippen LogP) is 5.51. The first kappa shape index (κ1) is 18.1. The molecule has 0 saturated heterocycles. The van der Waals surface area contributed by atoms with Crippen molar-refractivity contribution in [3.8, 4) is 16.9 Å². The summed E-state index contributed by atoms with van der Waals surface area (Å²) in [4.78, 5) is 14.2. The Balaban J connectivity index is 1.74. The highest BCUT2D eigenvalue weighted by Crippen LogP contribution is 2.23. The van der Waals surface area contributed by atoms with Crippen molar-refractivity contribution in [1.29, 1.82) is 0 Å². The van der Waals surface area contributed by atoms with Gasteiger partial charge in [0.2, 0.25) is 0 Å². The summed E-state index contributed by atoms with van der Waals surface area (Å²) in [6.45, 7) is 0. The number of rotatable bonds is 5. The van der Waals surface area contributed by atoms with Crippen LogP contribution >= 0.6 is 11.8 Å². The van der Waals surface area contributed by atoms with Crippen LogP contribution in [0.15, 0.2) is 95.9 Å². The second-order valence-electron chi connectivity index (χ2n) is 6.21. The molecule has 0 aliphatic rings. The molecule has 1 amide bonds. The lowest BCUT2D eigenvalue weighted by Crippen LogP contribution is -2.16. The standard InChI is InChI=1S/C23H19N3OS/c1-28-20-14-8-11-18(15-20)24-23(27)22-16-21(17-9-4-2-5-10-17)25-26(22)19-12-6-3-7-13-19/h2-16H,1H3,(H,24,27). The van der Waals surface area contributed by atoms with E-state index >= 15 is 0 Å². The second-order valence-corrected chi connectivity index (χ2v) is 7.09. The normalized spacial score (nSPS) is 10.6. The van der Waals surface area contributed by atoms with E-state index in [2.05, 4.69) is 5.32 Å². The average Bonchev–Trinajstić information content (AvgIpc) is 3.21. The van der Waals surface area contributed by atoms with Crippen molar-refractivity contribution in [1.82, 2.24) is 9.78 Å². The summed E-state index contributed by atoms with van der Waals surface area (Å²) in [5, 5.41) is 7.69. The summed E-state index contributed by atoms with van der Waals surface area (Å²) in [6, 6.07) is 29.2. The number of carbonyl (C=O) groups is 1. The quantitative estimate of drug-likeness (QED) is 0.461. The van der Waals surface area contributed by atoms with Crippen LogP contribution in [-0.2, 0) is 0 Å². The van der Waals surface area contributed by atoms with Gasteiger partial charge in [-0.05, 0) is 42.7 Å². The van der Waals surface area contributed by atoms with Crippen molar-refractivity contribution < 1.29 is 4.79 Å². The Bertz CT molecular complexity index is 1090. The van der Waals surface area contributed by atoms with Crippen molar-refractivity contribution in [3.63, 3.8) is 0 Å². The molecule has 0 saturated carbocycles. The summed E-state index contributed by atoms with van der Waals surface area (Å²) in [5.74, 6) is -0.197. The molecule has 4 nitrogen and oxygen atoms in total. The molecule has 0 unspecified atom stereocenters. The molecule has 0 spiro atoms. The van der Waals surface area contributed by atoms with E-state index in [4.69, 9.17) is 5.10 Å². The van der Waals surface area contributed by atoms with Crippen molar-refractivity contribution >= 4 is 23.4 Å². The van der Waals surface area contributed by atoms with Crippen molar-refractivity contribution in [3.05, 3.63) is 96.7 Å². The first-order valence-electron chi connectivity index (χ1n) is 8.91. The summed E-state index contributed by atoms with van der Waals surface area (Å²) in [5.41, 5.74) is 3.81. The van der Waals surface area contributed by atoms with E-state index < -0.39 is 0 Å². The van der Waals surface area contributed by atoms with E-state index in [1.165, 1.54) is 0 Å². The van der Waals surface area contributed by atoms with Gasteiger partial charge in [-0.15, -0.1) is 11.8 Å². The Kier molecular flexibility index (Phi) is 5.26. The van der Waals surface area contributed by atoms with Crippen LogP contribution in [0.3, 0.4) is 0 Å². The minimum Gasteiger partial charge on any atom is -0.321 e. The molecule has 0 aliphatic carbocycles. The Hall–Kier alpha value is -3.31. The zero-order valence-corrected chi connectivity index (χ0v) is 16.2. The maximum atomic E-state index is 13.1. The Morgan fingerprint density at radius 3 is 2.32 bits per heavy atom. The average molecular weight is 385 g/mol. The molecule has 0 fully saturated rings. The number of para-hydroxylation sites is 1. The fourth-order valence-electron chi connectivity index (χ4n) is 2.95. The van der Waals surface area contributed by atoms with Gasteiger partial charge < -0.3 is 5.32 Å². The number of benzene rings is 3. The number of aromatic nitrogens is 2. The lowest BCUT2D eigenvalue weighted by molar-refractivity contribution is 0.101. The molecule has 1 heterocycles. The topological polar surface area (TPSA) is 46.9 Å². The van der Waals surface area contributed by atoms with E-state index in [0.29, 0.717) is 5.69 Å². The first-order valence-corrected chi connectivity index (χ1v) is 10.1. The van der Waals surface area contributed by atoms with E-state index in [-0.39, 0.29) is 5.91 Å². The molecule has 5 heteroatoms. The smallest absolute Gasteiger partial charge is 0.274 e. The third kappa shape index (κ3) is 3.85. The van der Waals surface area contributed by atoms with Crippen molar-refractivity contribution in [2.45, 2.75) is 4.90 Å². The van der Waals surface area contributed by atoms with Crippen LogP contribution in [0.4, 0.5) is 5.69 Å². The number of hydrogen-bond donors (Lipinski definition) is 1. The monoisotopic (exact) mass is 385 g/mol. The minimum absolute atomic E-state index is 0.197. The zero-order valence-electron chi connectivity index (χ0n) is 15.4. The summed E-state index contributed by atoms with van der Waals surface area (Å²) in [7, 11) is 0. The summed E-state index contributed by atoms with van der Waals surface area (Å²) >= 11 is 1.64. The van der Waals surface area contributed by atoms with E-state index in [9.17, 15) is 4.79 Å². The maximum absolute atomic E-state index is 13.1. The number of amides is 1. The van der Waals surface area contributed by atoms with Gasteiger partial charge >= 0.3 is 0 Å². The van der Waals surface area contributed by atoms with Gasteiger partial charge in [-0.25, -0.2) is 4.68 Å². The molecule has 3 aromatic carbocycles. The summed E-state index contributed by atoms with van der Waals surface area (Å²) < 4.78 is 1.69. The van der Waals surface area contributed by atoms with Gasteiger partial charge in [0.05, 0.1) is 11.4 Å². The Morgan fingerprint density at radius 2 is 1.61 bits per heavy atom. The Morgan fingerprint density at radius 1 is 0.893 bits per heavy atom. The van der Waals surface area contributed by atoms with E-state index in [1.807, 2.05) is 97.3 Å². The second kappa shape index (κ2) is 8.15. The van der Waals surface area contributed by atoms with Crippen LogP contribution in [0.1, 0.15) is 10.5 Å². The fraction of sp³-hybridized carbons (Fsp3) is 0.0435. The van der Waals surface area contributed by atoms with Crippen LogP contribution in [0.2, 0.25) is 0 Å². The first-order chi connectivity index (χ1) is 13.7. The molecule has 0 atom stereocenters. The van der Waals surface area contributed by atoms with Gasteiger partial charge in [0.15, 0.2) is 0 Å². The molecule has 4 aromatic rings. The molecular formula is C23H19N3OS. The van der Waals surface area contributed by atoms with Crippen LogP contribution in [0.5, 0.6) is 0 Å². The van der Waals surface area contributed by atoms with E-state index in [0.717, 1.165) is 27.5 Å². The van der Waals surface area contributed by atoms with Crippen molar-refractivity contribution in [2.75, 3.05) is 11.6 Å². The van der Waals surface area contributed by atoms with Crippen LogP contribution < -0.4 is 5.32 Å². The molecule has 4 rings (SSSR count). The number of thioether (sulfide) groups is 1. The fourth-order valence-corrected chi connectivity index (χ4v) is 3.41. The van der Waals surface area contributed by atoms with Gasteiger partial charge in [0.1, 0.15) is 5.69 Å². The molecule has 138 valence electrons. The third-order valence-corrected chi connectivity index (χ3v) is 5.07. The SMILES string of the molecule is CSc1cccc(NC(=O)c2cc(-c3ccccc3)nn2-c2ccccc2)c1. The highest BCUT2D eigenvalue weighted by molar-refractivity contribution is 7.98. The van der Waals surface area contributed by atoms with Crippen LogP contribution in [0, 0.1) is 0 Å². The molecule has 0 bridgehead atoms. The third-order valence-electron chi connectivity index (χ3n) is 4.34. The van der Waals surface area contributed by atoms with Gasteiger partial charge in [-0.1, -0.05) is 54.6 Å². The minimum atomic E-state index is -0.197. The van der Waals surface area contributed by atoms with E-state index in [1.54, 1.807) is 16.4 Å². The zero-order chi connectivity index (χ0) is 19.3. The predicted molar refractivity (Wildman–Crippen MR) is 115 cm³/mol. The van der Waals surface area contributed by atoms with Gasteiger partial charge in [-0.3, -0.25) is 4.79 Å². The Labute approximate surface area is 168 Å². The molecule has 28 heavy (non-hydrogen) atoms. The molecule has 0 radical (unpaired) electrons. The maximum Gasteiger partial charge on any atom is 0.274 e. The van der Waals surface area contributed by atoms with Gasteiger partial charge in [0.25, 0.3) is 5.91 Å². The largest absolute Gasteiger partial charge is 0.321 e. The van der Waals surface area contributed by atoms with Gasteiger partial charge in [-0.2, -0.15) is 5.10 Å². The van der Waals surface area contributed by atoms with Gasteiger partial charge in [0, 0.05) is 16.1 Å². The summed E-state index contributed by atoms with van der Waals surface area (Å²) in [6.07, 6.45) is 2.01. The lowest BCUT2D eigenvalue weighted by atomic mass is 10.1. The molecular weight excluding hydrogens is 366 g/mol. The van der Waals surface area contributed by atoms with Crippen LogP contribution in [-0.4, -0.2) is 21.9 Å². The number of anilines is 1. The molecule has 1 aromatic heterocycles. The lowest BCUT2D eigenvalue weighted by Gasteiger charge is -2.09.